The van der Waals surface area contributed by atoms with Gasteiger partial charge in [0.05, 0.1) is 17.9 Å². The molecule has 5 aliphatic carbocycles. The molecule has 56 heavy (non-hydrogen) atoms. The number of carbonyl (C=O) groups is 3. The Morgan fingerprint density at radius 1 is 0.964 bits per heavy atom. The number of ether oxygens (including phenoxy) is 1. The Labute approximate surface area is 341 Å². The van der Waals surface area contributed by atoms with Gasteiger partial charge >= 0.3 is 11.9 Å². The molecule has 8 nitrogen and oxygen atoms in total. The fourth-order valence-corrected chi connectivity index (χ4v) is 13.9. The largest absolute Gasteiger partial charge is 0.481 e. The van der Waals surface area contributed by atoms with Crippen LogP contribution in [0.4, 0.5) is 0 Å². The van der Waals surface area contributed by atoms with Crippen molar-refractivity contribution in [1.29, 1.82) is 0 Å². The molecule has 0 unspecified atom stereocenters. The lowest BCUT2D eigenvalue weighted by molar-refractivity contribution is -0.235. The highest BCUT2D eigenvalue weighted by molar-refractivity contribution is 6.30. The van der Waals surface area contributed by atoms with E-state index < -0.39 is 28.9 Å². The van der Waals surface area contributed by atoms with E-state index in [9.17, 15) is 24.6 Å². The van der Waals surface area contributed by atoms with E-state index in [0.717, 1.165) is 74.1 Å². The number of esters is 1. The molecule has 3 N–H and O–H groups in total. The standard InChI is InChI=1S/C47H71ClN2O6/c1-28(2)39-33(51)23-47(36(52)26-49-25-29-12-13-31(48)22-30(29)27-50(10)11)21-20-45(8)32(40(39)47)14-15-35-44(7)18-17-37(56-38(53)24-42(3,4)41(54)55)43(5,6)34(44)16-19-46(35,45)9/h12-13,22,28,32,34-37,49,52H,14-21,23-27H2,1-11H3,(H,54,55)/t32-,34+,35-,36+,37+,44+,45-,46-,47+/m1/s1. The van der Waals surface area contributed by atoms with Gasteiger partial charge in [0.2, 0.25) is 0 Å². The molecule has 1 aromatic rings. The number of hydrogen-bond donors (Lipinski definition) is 3. The van der Waals surface area contributed by atoms with Crippen molar-refractivity contribution in [2.75, 3.05) is 20.6 Å². The highest BCUT2D eigenvalue weighted by Crippen LogP contribution is 2.77. The minimum Gasteiger partial charge on any atom is -0.481 e. The molecule has 4 saturated carbocycles. The molecule has 4 fully saturated rings. The number of aliphatic carboxylic acids is 1. The summed E-state index contributed by atoms with van der Waals surface area (Å²) in [6.07, 6.45) is 7.09. The highest BCUT2D eigenvalue weighted by atomic mass is 35.5. The van der Waals surface area contributed by atoms with Crippen molar-refractivity contribution in [3.8, 4) is 0 Å². The van der Waals surface area contributed by atoms with Crippen LogP contribution < -0.4 is 5.32 Å². The number of nitrogens with one attached hydrogen (secondary N) is 1. The smallest absolute Gasteiger partial charge is 0.309 e. The van der Waals surface area contributed by atoms with E-state index in [4.69, 9.17) is 16.3 Å². The SMILES string of the molecule is CC(C)C1=C2[C@H]3CC[C@@H]4[C@@]5(C)CC[C@H](OC(=O)CC(C)(C)C(=O)O)C(C)(C)[C@@H]5CC[C@@]4(C)[C@]3(C)CC[C@@]2([C@@H](O)CNCc2ccc(Cl)cc2CN(C)C)CC1=O. The van der Waals surface area contributed by atoms with Crippen LogP contribution in [0.5, 0.6) is 0 Å². The van der Waals surface area contributed by atoms with Gasteiger partial charge in [0, 0.05) is 41.9 Å². The molecule has 0 radical (unpaired) electrons. The number of rotatable bonds is 12. The van der Waals surface area contributed by atoms with Gasteiger partial charge in [0.15, 0.2) is 5.78 Å². The molecule has 0 bridgehead atoms. The molecule has 0 spiro atoms. The van der Waals surface area contributed by atoms with Crippen LogP contribution in [0.15, 0.2) is 29.3 Å². The molecule has 9 atom stereocenters. The van der Waals surface area contributed by atoms with Crippen LogP contribution in [0.2, 0.25) is 5.02 Å². The van der Waals surface area contributed by atoms with E-state index >= 15 is 0 Å². The van der Waals surface area contributed by atoms with Crippen molar-refractivity contribution < 1.29 is 29.3 Å². The maximum atomic E-state index is 14.2. The number of carbonyl (C=O) groups excluding carboxylic acids is 2. The second-order valence-electron chi connectivity index (χ2n) is 21.4. The number of ketones is 1. The predicted molar refractivity (Wildman–Crippen MR) is 222 cm³/mol. The van der Waals surface area contributed by atoms with Gasteiger partial charge in [-0.15, -0.1) is 0 Å². The van der Waals surface area contributed by atoms with Crippen LogP contribution in [0.25, 0.3) is 0 Å². The lowest BCUT2D eigenvalue weighted by Gasteiger charge is -2.72. The number of carboxylic acid groups (broad SMARTS) is 1. The Morgan fingerprint density at radius 3 is 2.30 bits per heavy atom. The van der Waals surface area contributed by atoms with E-state index in [2.05, 4.69) is 78.8 Å². The molecule has 312 valence electrons. The number of nitrogens with zero attached hydrogens (tertiary/aromatic N) is 1. The zero-order valence-corrected chi connectivity index (χ0v) is 37.0. The van der Waals surface area contributed by atoms with Gasteiger partial charge < -0.3 is 25.2 Å². The Bertz CT molecular complexity index is 1750. The number of aliphatic hydroxyl groups is 1. The first-order valence-corrected chi connectivity index (χ1v) is 21.8. The molecular formula is C47H71ClN2O6. The summed E-state index contributed by atoms with van der Waals surface area (Å²) in [5.41, 5.74) is 2.70. The second kappa shape index (κ2) is 15.1. The van der Waals surface area contributed by atoms with Gasteiger partial charge in [-0.05, 0) is 148 Å². The summed E-state index contributed by atoms with van der Waals surface area (Å²) in [5, 5.41) is 26.3. The fraction of sp³-hybridized carbons (Fsp3) is 0.766. The number of hydrogen-bond acceptors (Lipinski definition) is 7. The molecule has 9 heteroatoms. The molecule has 0 aromatic heterocycles. The van der Waals surface area contributed by atoms with E-state index in [1.54, 1.807) is 13.8 Å². The third kappa shape index (κ3) is 7.02. The van der Waals surface area contributed by atoms with Crippen molar-refractivity contribution in [2.45, 2.75) is 152 Å². The summed E-state index contributed by atoms with van der Waals surface area (Å²) in [5.74, 6) is -0.00510. The van der Waals surface area contributed by atoms with Crippen molar-refractivity contribution in [3.63, 3.8) is 0 Å². The summed E-state index contributed by atoms with van der Waals surface area (Å²) in [7, 11) is 4.10. The number of fused-ring (bicyclic) bond motifs is 7. The monoisotopic (exact) mass is 795 g/mol. The topological polar surface area (TPSA) is 116 Å². The zero-order chi connectivity index (χ0) is 41.4. The van der Waals surface area contributed by atoms with Gasteiger partial charge in [-0.25, -0.2) is 0 Å². The molecule has 0 aliphatic heterocycles. The average molecular weight is 796 g/mol. The number of carboxylic acids is 1. The van der Waals surface area contributed by atoms with E-state index in [0.29, 0.717) is 31.3 Å². The van der Waals surface area contributed by atoms with Crippen molar-refractivity contribution in [3.05, 3.63) is 45.5 Å². The Morgan fingerprint density at radius 2 is 1.66 bits per heavy atom. The quantitative estimate of drug-likeness (QED) is 0.180. The molecule has 6 rings (SSSR count). The minimum atomic E-state index is -1.17. The first-order chi connectivity index (χ1) is 25.9. The lowest BCUT2D eigenvalue weighted by Crippen LogP contribution is -2.66. The minimum absolute atomic E-state index is 0.0269. The molecule has 5 aliphatic rings. The number of allylic oxidation sites excluding steroid dienone is 1. The summed E-state index contributed by atoms with van der Waals surface area (Å²) in [6, 6.07) is 6.03. The van der Waals surface area contributed by atoms with Gasteiger partial charge in [-0.1, -0.05) is 71.7 Å². The predicted octanol–water partition coefficient (Wildman–Crippen LogP) is 9.25. The van der Waals surface area contributed by atoms with Crippen molar-refractivity contribution in [1.82, 2.24) is 10.2 Å². The van der Waals surface area contributed by atoms with Crippen LogP contribution in [-0.2, 0) is 32.2 Å². The number of aliphatic hydroxyl groups excluding tert-OH is 1. The molecule has 1 aromatic carbocycles. The van der Waals surface area contributed by atoms with Gasteiger partial charge in [-0.2, -0.15) is 0 Å². The first kappa shape index (κ1) is 43.3. The normalized spacial score (nSPS) is 35.8. The third-order valence-corrected chi connectivity index (χ3v) is 17.0. The fourth-order valence-electron chi connectivity index (χ4n) is 13.7. The average Bonchev–Trinajstić information content (AvgIpc) is 3.40. The maximum Gasteiger partial charge on any atom is 0.309 e. The highest BCUT2D eigenvalue weighted by Gasteiger charge is 2.70. The molecular weight excluding hydrogens is 724 g/mol. The molecule has 0 heterocycles. The van der Waals surface area contributed by atoms with Crippen LogP contribution >= 0.6 is 11.6 Å². The van der Waals surface area contributed by atoms with E-state index in [1.807, 2.05) is 12.1 Å². The van der Waals surface area contributed by atoms with Crippen molar-refractivity contribution >= 4 is 29.3 Å². The lowest BCUT2D eigenvalue weighted by atomic mass is 9.33. The van der Waals surface area contributed by atoms with Gasteiger partial charge in [0.25, 0.3) is 0 Å². The number of Topliss-reactive ketones (excluding diaryl/α,β-unsaturated/α-hetero) is 1. The number of halogens is 1. The third-order valence-electron chi connectivity index (χ3n) is 16.8. The first-order valence-electron chi connectivity index (χ1n) is 21.5. The van der Waals surface area contributed by atoms with E-state index in [-0.39, 0.29) is 51.8 Å². The summed E-state index contributed by atoms with van der Waals surface area (Å²) in [4.78, 5) is 41.2. The zero-order valence-electron chi connectivity index (χ0n) is 36.2. The molecule has 0 amide bonds. The van der Waals surface area contributed by atoms with Crippen LogP contribution in [-0.4, -0.2) is 65.7 Å². The van der Waals surface area contributed by atoms with Crippen LogP contribution in [0, 0.1) is 56.2 Å². The van der Waals surface area contributed by atoms with Crippen molar-refractivity contribution in [2.24, 2.45) is 56.2 Å². The maximum absolute atomic E-state index is 14.2. The Kier molecular flexibility index (Phi) is 11.7. The molecule has 0 saturated heterocycles. The van der Waals surface area contributed by atoms with Gasteiger partial charge in [-0.3, -0.25) is 14.4 Å². The van der Waals surface area contributed by atoms with Gasteiger partial charge in [0.1, 0.15) is 6.10 Å². The summed E-state index contributed by atoms with van der Waals surface area (Å²) < 4.78 is 6.18. The van der Waals surface area contributed by atoms with E-state index in [1.165, 1.54) is 11.1 Å². The Hall–Kier alpha value is -2.26. The van der Waals surface area contributed by atoms with Crippen LogP contribution in [0.3, 0.4) is 0 Å². The Balaban J connectivity index is 1.25. The summed E-state index contributed by atoms with van der Waals surface area (Å²) in [6.45, 7) is 21.5. The van der Waals surface area contributed by atoms with Crippen LogP contribution in [0.1, 0.15) is 138 Å². The second-order valence-corrected chi connectivity index (χ2v) is 21.8. The summed E-state index contributed by atoms with van der Waals surface area (Å²) >= 11 is 6.37. The number of benzene rings is 1.